The van der Waals surface area contributed by atoms with E-state index in [9.17, 15) is 8.78 Å². The lowest BCUT2D eigenvalue weighted by Crippen LogP contribution is -2.45. The molecule has 0 rings (SSSR count). The average Bonchev–Trinajstić information content (AvgIpc) is 1.97. The van der Waals surface area contributed by atoms with Crippen LogP contribution >= 0.6 is 0 Å². The van der Waals surface area contributed by atoms with E-state index < -0.39 is 20.8 Å². The first-order valence-electron chi connectivity index (χ1n) is 4.54. The highest BCUT2D eigenvalue weighted by molar-refractivity contribution is 6.74. The van der Waals surface area contributed by atoms with Gasteiger partial charge in [0.25, 0.3) is 6.43 Å². The monoisotopic (exact) mass is 220 g/mol. The molecule has 0 aromatic rings. The number of rotatable bonds is 3. The molecule has 0 aliphatic heterocycles. The fourth-order valence-corrected chi connectivity index (χ4v) is 1.81. The Balaban J connectivity index is 4.59. The summed E-state index contributed by atoms with van der Waals surface area (Å²) in [5, 5.41) is -0.100. The standard InChI is InChI=1S/C10H18F2OSi/c1-7-8(9(11)12)13-14(5,6)10(2,3)4/h1,8-9H,2-6H3. The van der Waals surface area contributed by atoms with Crippen molar-refractivity contribution in [1.29, 1.82) is 0 Å². The van der Waals surface area contributed by atoms with E-state index in [0.29, 0.717) is 0 Å². The quantitative estimate of drug-likeness (QED) is 0.524. The second kappa shape index (κ2) is 4.41. The van der Waals surface area contributed by atoms with E-state index in [2.05, 4.69) is 0 Å². The Morgan fingerprint density at radius 3 is 1.93 bits per heavy atom. The zero-order valence-corrected chi connectivity index (χ0v) is 10.4. The second-order valence-corrected chi connectivity index (χ2v) is 9.56. The lowest BCUT2D eigenvalue weighted by molar-refractivity contribution is 0.0363. The first-order valence-corrected chi connectivity index (χ1v) is 7.45. The first-order chi connectivity index (χ1) is 6.12. The van der Waals surface area contributed by atoms with Gasteiger partial charge in [-0.15, -0.1) is 6.42 Å². The van der Waals surface area contributed by atoms with Gasteiger partial charge in [0.05, 0.1) is 0 Å². The molecule has 1 nitrogen and oxygen atoms in total. The van der Waals surface area contributed by atoms with Crippen LogP contribution in [-0.4, -0.2) is 20.8 Å². The number of alkyl halides is 2. The minimum Gasteiger partial charge on any atom is -0.399 e. The molecule has 0 aromatic heterocycles. The Bertz CT molecular complexity index is 225. The van der Waals surface area contributed by atoms with Crippen molar-refractivity contribution in [1.82, 2.24) is 0 Å². The van der Waals surface area contributed by atoms with E-state index >= 15 is 0 Å². The van der Waals surface area contributed by atoms with Crippen molar-refractivity contribution in [2.45, 2.75) is 51.4 Å². The highest BCUT2D eigenvalue weighted by atomic mass is 28.4. The molecule has 0 bridgehead atoms. The summed E-state index contributed by atoms with van der Waals surface area (Å²) in [5.41, 5.74) is 0. The molecule has 0 saturated carbocycles. The maximum atomic E-state index is 12.4. The lowest BCUT2D eigenvalue weighted by Gasteiger charge is -2.37. The van der Waals surface area contributed by atoms with E-state index in [1.165, 1.54) is 0 Å². The van der Waals surface area contributed by atoms with Crippen LogP contribution in [0.25, 0.3) is 0 Å². The van der Waals surface area contributed by atoms with Crippen LogP contribution in [0.3, 0.4) is 0 Å². The largest absolute Gasteiger partial charge is 0.399 e. The Labute approximate surface area is 86.0 Å². The van der Waals surface area contributed by atoms with E-state index in [-0.39, 0.29) is 5.04 Å². The van der Waals surface area contributed by atoms with Crippen LogP contribution in [-0.2, 0) is 4.43 Å². The van der Waals surface area contributed by atoms with Gasteiger partial charge in [-0.05, 0) is 18.1 Å². The molecule has 0 aromatic carbocycles. The topological polar surface area (TPSA) is 9.23 Å². The highest BCUT2D eigenvalue weighted by Gasteiger charge is 2.40. The molecule has 0 radical (unpaired) electrons. The van der Waals surface area contributed by atoms with E-state index in [1.54, 1.807) is 0 Å². The predicted molar refractivity (Wildman–Crippen MR) is 56.9 cm³/mol. The summed E-state index contributed by atoms with van der Waals surface area (Å²) >= 11 is 0. The molecule has 1 atom stereocenters. The third kappa shape index (κ3) is 3.39. The third-order valence-electron chi connectivity index (χ3n) is 2.62. The molecule has 0 spiro atoms. The number of halogens is 2. The minimum absolute atomic E-state index is 0.100. The van der Waals surface area contributed by atoms with Gasteiger partial charge >= 0.3 is 0 Å². The molecule has 82 valence electrons. The van der Waals surface area contributed by atoms with Gasteiger partial charge < -0.3 is 4.43 Å². The van der Waals surface area contributed by atoms with Gasteiger partial charge in [-0.3, -0.25) is 0 Å². The van der Waals surface area contributed by atoms with E-state index in [1.807, 2.05) is 39.8 Å². The Kier molecular flexibility index (Phi) is 4.28. The Morgan fingerprint density at radius 1 is 1.29 bits per heavy atom. The molecular weight excluding hydrogens is 202 g/mol. The molecule has 0 heterocycles. The zero-order chi connectivity index (χ0) is 11.6. The Morgan fingerprint density at radius 2 is 1.71 bits per heavy atom. The van der Waals surface area contributed by atoms with E-state index in [4.69, 9.17) is 10.8 Å². The minimum atomic E-state index is -2.60. The van der Waals surface area contributed by atoms with Crippen LogP contribution < -0.4 is 0 Å². The van der Waals surface area contributed by atoms with Crippen molar-refractivity contribution in [3.05, 3.63) is 0 Å². The van der Waals surface area contributed by atoms with Crippen molar-refractivity contribution in [3.63, 3.8) is 0 Å². The van der Waals surface area contributed by atoms with Gasteiger partial charge in [0.2, 0.25) is 0 Å². The van der Waals surface area contributed by atoms with Crippen molar-refractivity contribution in [2.24, 2.45) is 0 Å². The molecule has 4 heteroatoms. The summed E-state index contributed by atoms with van der Waals surface area (Å²) in [6.07, 6.45) is 1.02. The summed E-state index contributed by atoms with van der Waals surface area (Å²) in [5.74, 6) is 1.99. The third-order valence-corrected chi connectivity index (χ3v) is 7.08. The van der Waals surface area contributed by atoms with Crippen molar-refractivity contribution in [2.75, 3.05) is 0 Å². The van der Waals surface area contributed by atoms with Gasteiger partial charge in [-0.1, -0.05) is 26.7 Å². The smallest absolute Gasteiger partial charge is 0.274 e. The fourth-order valence-electron chi connectivity index (χ4n) is 0.652. The molecule has 14 heavy (non-hydrogen) atoms. The van der Waals surface area contributed by atoms with Gasteiger partial charge in [0.1, 0.15) is 0 Å². The van der Waals surface area contributed by atoms with Gasteiger partial charge in [-0.2, -0.15) is 0 Å². The number of terminal acetylenes is 1. The Hall–Kier alpha value is -0.403. The van der Waals surface area contributed by atoms with Crippen LogP contribution in [0.1, 0.15) is 20.8 Å². The van der Waals surface area contributed by atoms with Crippen LogP contribution in [0.2, 0.25) is 18.1 Å². The summed E-state index contributed by atoms with van der Waals surface area (Å²) < 4.78 is 30.1. The van der Waals surface area contributed by atoms with Gasteiger partial charge in [0, 0.05) is 0 Å². The van der Waals surface area contributed by atoms with Crippen LogP contribution in [0.15, 0.2) is 0 Å². The average molecular weight is 220 g/mol. The molecule has 0 aliphatic rings. The molecule has 0 saturated heterocycles. The summed E-state index contributed by atoms with van der Waals surface area (Å²) in [6, 6.07) is 0. The summed E-state index contributed by atoms with van der Waals surface area (Å²) in [4.78, 5) is 0. The molecule has 0 aliphatic carbocycles. The molecular formula is C10H18F2OSi. The van der Waals surface area contributed by atoms with Crippen LogP contribution in [0.4, 0.5) is 8.78 Å². The first kappa shape index (κ1) is 13.6. The lowest BCUT2D eigenvalue weighted by atomic mass is 10.2. The number of hydrogen-bond acceptors (Lipinski definition) is 1. The van der Waals surface area contributed by atoms with Gasteiger partial charge in [-0.25, -0.2) is 8.78 Å². The van der Waals surface area contributed by atoms with Crippen molar-refractivity contribution >= 4 is 8.32 Å². The maximum Gasteiger partial charge on any atom is 0.274 e. The summed E-state index contributed by atoms with van der Waals surface area (Å²) in [7, 11) is -2.17. The fraction of sp³-hybridized carbons (Fsp3) is 0.800. The predicted octanol–water partition coefficient (Wildman–Crippen LogP) is 3.28. The normalized spacial score (nSPS) is 15.4. The molecule has 0 fully saturated rings. The number of hydrogen-bond donors (Lipinski definition) is 0. The van der Waals surface area contributed by atoms with Crippen molar-refractivity contribution in [3.8, 4) is 12.3 Å². The molecule has 0 N–H and O–H groups in total. The maximum absolute atomic E-state index is 12.4. The highest BCUT2D eigenvalue weighted by Crippen LogP contribution is 2.37. The summed E-state index contributed by atoms with van der Waals surface area (Å²) in [6.45, 7) is 9.76. The van der Waals surface area contributed by atoms with Crippen LogP contribution in [0.5, 0.6) is 0 Å². The molecule has 1 unspecified atom stereocenters. The van der Waals surface area contributed by atoms with Crippen LogP contribution in [0, 0.1) is 12.3 Å². The zero-order valence-electron chi connectivity index (χ0n) is 9.40. The van der Waals surface area contributed by atoms with Gasteiger partial charge in [0.15, 0.2) is 14.4 Å². The second-order valence-electron chi connectivity index (χ2n) is 4.80. The van der Waals surface area contributed by atoms with E-state index in [0.717, 1.165) is 0 Å². The SMILES string of the molecule is C#CC(O[Si](C)(C)C(C)(C)C)C(F)F. The van der Waals surface area contributed by atoms with Crippen molar-refractivity contribution < 1.29 is 13.2 Å². The molecule has 0 amide bonds.